The monoisotopic (exact) mass is 564 g/mol. The number of hydrogen-bond acceptors (Lipinski definition) is 12. The molecule has 0 radical (unpaired) electrons. The van der Waals surface area contributed by atoms with Crippen LogP contribution < -0.4 is 20.4 Å². The van der Waals surface area contributed by atoms with Crippen molar-refractivity contribution in [2.45, 2.75) is 25.9 Å². The van der Waals surface area contributed by atoms with Gasteiger partial charge in [-0.25, -0.2) is 15.0 Å². The zero-order chi connectivity index (χ0) is 27.6. The van der Waals surface area contributed by atoms with Crippen LogP contribution in [0.2, 0.25) is 0 Å². The number of piperidine rings is 1. The first kappa shape index (κ1) is 26.1. The van der Waals surface area contributed by atoms with Crippen LogP contribution in [0.25, 0.3) is 21.8 Å². The number of β-amino-alcohol motifs (C(OH)–C–C–N with tert-alkyl or cyclic N) is 1. The minimum absolute atomic E-state index is 0.0796. The molecule has 4 aromatic heterocycles. The molecule has 0 saturated carbocycles. The highest BCUT2D eigenvalue weighted by molar-refractivity contribution is 7.22. The average Bonchev–Trinajstić information content (AvgIpc) is 3.61. The van der Waals surface area contributed by atoms with Gasteiger partial charge in [-0.3, -0.25) is 9.59 Å². The van der Waals surface area contributed by atoms with Crippen LogP contribution in [0.5, 0.6) is 0 Å². The first-order valence-electron chi connectivity index (χ1n) is 13.0. The summed E-state index contributed by atoms with van der Waals surface area (Å²) in [5, 5.41) is 16.7. The minimum Gasteiger partial charge on any atom is -0.444 e. The molecule has 3 N–H and O–H groups in total. The highest BCUT2D eigenvalue weighted by Gasteiger charge is 2.25. The fraction of sp³-hybridized carbons (Fsp3) is 0.385. The van der Waals surface area contributed by atoms with Crippen molar-refractivity contribution in [3.05, 3.63) is 36.4 Å². The van der Waals surface area contributed by atoms with Crippen molar-refractivity contribution in [1.29, 1.82) is 0 Å². The van der Waals surface area contributed by atoms with Crippen LogP contribution in [0.3, 0.4) is 0 Å². The van der Waals surface area contributed by atoms with E-state index in [-0.39, 0.29) is 17.5 Å². The molecule has 0 aliphatic carbocycles. The molecule has 0 aromatic carbocycles. The molecule has 208 valence electrons. The molecule has 6 rings (SSSR count). The molecular weight excluding hydrogens is 536 g/mol. The Balaban J connectivity index is 1.29. The molecule has 2 fully saturated rings. The lowest BCUT2D eigenvalue weighted by Gasteiger charge is -2.32. The number of hydrogen-bond donors (Lipinski definition) is 3. The zero-order valence-electron chi connectivity index (χ0n) is 21.8. The van der Waals surface area contributed by atoms with Crippen LogP contribution in [-0.4, -0.2) is 82.4 Å². The number of carbonyl (C=O) groups is 2. The largest absolute Gasteiger partial charge is 0.444 e. The Kier molecular flexibility index (Phi) is 7.28. The predicted molar refractivity (Wildman–Crippen MR) is 150 cm³/mol. The molecule has 0 bridgehead atoms. The summed E-state index contributed by atoms with van der Waals surface area (Å²) in [5.41, 5.74) is 1.74. The third-order valence-electron chi connectivity index (χ3n) is 6.62. The van der Waals surface area contributed by atoms with Gasteiger partial charge in [-0.1, -0.05) is 11.3 Å². The summed E-state index contributed by atoms with van der Waals surface area (Å²) in [7, 11) is 0. The Hall–Kier alpha value is -4.14. The van der Waals surface area contributed by atoms with Crippen LogP contribution in [0.15, 0.2) is 35.1 Å². The number of pyridine rings is 2. The number of morpholine rings is 1. The number of aromatic nitrogens is 4. The normalized spacial score (nSPS) is 17.7. The van der Waals surface area contributed by atoms with Gasteiger partial charge in [-0.15, -0.1) is 0 Å². The van der Waals surface area contributed by atoms with Gasteiger partial charge in [0.2, 0.25) is 11.8 Å². The topological polar surface area (TPSA) is 159 Å². The number of carbonyl (C=O) groups excluding carboxylic acids is 2. The Morgan fingerprint density at radius 2 is 1.95 bits per heavy atom. The van der Waals surface area contributed by atoms with Crippen molar-refractivity contribution in [1.82, 2.24) is 19.9 Å². The maximum absolute atomic E-state index is 13.3. The smallest absolute Gasteiger partial charge is 0.277 e. The van der Waals surface area contributed by atoms with Gasteiger partial charge in [0, 0.05) is 44.9 Å². The lowest BCUT2D eigenvalue weighted by molar-refractivity contribution is -0.114. The number of nitrogens with zero attached hydrogens (tertiary/aromatic N) is 6. The maximum atomic E-state index is 13.3. The van der Waals surface area contributed by atoms with Crippen LogP contribution >= 0.6 is 11.3 Å². The van der Waals surface area contributed by atoms with Crippen molar-refractivity contribution in [2.24, 2.45) is 0 Å². The summed E-state index contributed by atoms with van der Waals surface area (Å²) in [4.78, 5) is 46.9. The second-order valence-electron chi connectivity index (χ2n) is 9.62. The molecule has 2 aliphatic rings. The number of oxazole rings is 1. The summed E-state index contributed by atoms with van der Waals surface area (Å²) in [5.74, 6) is 0.394. The number of aliphatic hydroxyl groups excluding tert-OH is 1. The number of anilines is 4. The molecular formula is C26H28N8O5S. The second kappa shape index (κ2) is 11.2. The summed E-state index contributed by atoms with van der Waals surface area (Å²) in [6.07, 6.45) is 3.85. The van der Waals surface area contributed by atoms with E-state index in [2.05, 4.69) is 25.5 Å². The van der Waals surface area contributed by atoms with Crippen molar-refractivity contribution < 1.29 is 23.8 Å². The van der Waals surface area contributed by atoms with Crippen molar-refractivity contribution in [3.63, 3.8) is 0 Å². The molecule has 14 heteroatoms. The molecule has 2 aliphatic heterocycles. The number of amides is 2. The molecule has 0 spiro atoms. The SMILES string of the molecule is CC(=O)Nc1cc(-c2nc(C(=O)Nc3cc4sc(N5CCOCC5)nc4nc3N3CCCC(O)C3)co2)ccn1. The number of aliphatic hydroxyl groups is 1. The van der Waals surface area contributed by atoms with Gasteiger partial charge in [0.25, 0.3) is 5.91 Å². The minimum atomic E-state index is -0.477. The number of thiazole rings is 1. The zero-order valence-corrected chi connectivity index (χ0v) is 22.6. The van der Waals surface area contributed by atoms with Gasteiger partial charge in [-0.2, -0.15) is 4.98 Å². The Morgan fingerprint density at radius 3 is 2.75 bits per heavy atom. The van der Waals surface area contributed by atoms with E-state index in [1.54, 1.807) is 12.1 Å². The fourth-order valence-corrected chi connectivity index (χ4v) is 5.72. The van der Waals surface area contributed by atoms with Gasteiger partial charge in [0.1, 0.15) is 12.1 Å². The summed E-state index contributed by atoms with van der Waals surface area (Å²) < 4.78 is 11.9. The molecule has 13 nitrogen and oxygen atoms in total. The molecule has 1 unspecified atom stereocenters. The van der Waals surface area contributed by atoms with Gasteiger partial charge in [-0.05, 0) is 31.0 Å². The number of ether oxygens (including phenoxy) is 1. The first-order valence-corrected chi connectivity index (χ1v) is 13.8. The van der Waals surface area contributed by atoms with Gasteiger partial charge in [0.15, 0.2) is 22.3 Å². The van der Waals surface area contributed by atoms with E-state index in [0.717, 1.165) is 35.8 Å². The van der Waals surface area contributed by atoms with Crippen LogP contribution in [-0.2, 0) is 9.53 Å². The summed E-state index contributed by atoms with van der Waals surface area (Å²) in [6, 6.07) is 5.16. The van der Waals surface area contributed by atoms with E-state index in [4.69, 9.17) is 19.1 Å². The number of nitrogens with one attached hydrogen (secondary N) is 2. The highest BCUT2D eigenvalue weighted by Crippen LogP contribution is 2.36. The predicted octanol–water partition coefficient (Wildman–Crippen LogP) is 2.75. The molecule has 40 heavy (non-hydrogen) atoms. The molecule has 2 amide bonds. The number of fused-ring (bicyclic) bond motifs is 1. The van der Waals surface area contributed by atoms with Crippen LogP contribution in [0.4, 0.5) is 22.5 Å². The van der Waals surface area contributed by atoms with Crippen LogP contribution in [0.1, 0.15) is 30.3 Å². The maximum Gasteiger partial charge on any atom is 0.277 e. The van der Waals surface area contributed by atoms with Crippen molar-refractivity contribution >= 4 is 56.0 Å². The Bertz CT molecular complexity index is 1550. The van der Waals surface area contributed by atoms with E-state index in [1.807, 2.05) is 11.0 Å². The third-order valence-corrected chi connectivity index (χ3v) is 7.68. The van der Waals surface area contributed by atoms with E-state index in [9.17, 15) is 14.7 Å². The van der Waals surface area contributed by atoms with E-state index in [1.165, 1.54) is 30.7 Å². The molecule has 6 heterocycles. The molecule has 2 saturated heterocycles. The first-order chi connectivity index (χ1) is 19.4. The van der Waals surface area contributed by atoms with E-state index in [0.29, 0.717) is 54.8 Å². The van der Waals surface area contributed by atoms with E-state index >= 15 is 0 Å². The quantitative estimate of drug-likeness (QED) is 0.316. The number of rotatable bonds is 6. The average molecular weight is 565 g/mol. The molecule has 1 atom stereocenters. The third kappa shape index (κ3) is 5.59. The molecule has 4 aromatic rings. The summed E-state index contributed by atoms with van der Waals surface area (Å²) >= 11 is 1.51. The standard InChI is InChI=1S/C26H28N8O5S/c1-15(35)28-21-11-16(4-5-27-21)25-30-19(14-39-25)24(37)29-18-12-20-22(31-23(18)34-6-2-3-17(36)13-34)32-26(40-20)33-7-9-38-10-8-33/h4-5,11-12,14,17,36H,2-3,6-10,13H2,1H3,(H,29,37)(H,27,28,35). The van der Waals surface area contributed by atoms with E-state index < -0.39 is 12.0 Å². The van der Waals surface area contributed by atoms with Crippen LogP contribution in [0, 0.1) is 0 Å². The Morgan fingerprint density at radius 1 is 1.10 bits per heavy atom. The highest BCUT2D eigenvalue weighted by atomic mass is 32.1. The second-order valence-corrected chi connectivity index (χ2v) is 10.6. The fourth-order valence-electron chi connectivity index (χ4n) is 4.72. The lowest BCUT2D eigenvalue weighted by Crippen LogP contribution is -2.39. The lowest BCUT2D eigenvalue weighted by atomic mass is 10.1. The van der Waals surface area contributed by atoms with Gasteiger partial charge < -0.3 is 34.7 Å². The van der Waals surface area contributed by atoms with Gasteiger partial charge >= 0.3 is 0 Å². The Labute approximate surface area is 233 Å². The van der Waals surface area contributed by atoms with Crippen molar-refractivity contribution in [2.75, 3.05) is 59.8 Å². The van der Waals surface area contributed by atoms with Crippen molar-refractivity contribution in [3.8, 4) is 11.5 Å². The summed E-state index contributed by atoms with van der Waals surface area (Å²) in [6.45, 7) is 5.31. The van der Waals surface area contributed by atoms with Gasteiger partial charge in [0.05, 0.1) is 29.7 Å².